The number of hydrogen-bond donors (Lipinski definition) is 2. The van der Waals surface area contributed by atoms with E-state index in [1.54, 1.807) is 24.3 Å². The van der Waals surface area contributed by atoms with Gasteiger partial charge in [-0.3, -0.25) is 4.79 Å². The van der Waals surface area contributed by atoms with Crippen LogP contribution in [0.3, 0.4) is 0 Å². The van der Waals surface area contributed by atoms with Gasteiger partial charge in [0.2, 0.25) is 0 Å². The average Bonchev–Trinajstić information content (AvgIpc) is 3.28. The Morgan fingerprint density at radius 2 is 2.10 bits per heavy atom. The lowest BCUT2D eigenvalue weighted by Gasteiger charge is -2.37. The predicted octanol–water partition coefficient (Wildman–Crippen LogP) is 3.22. The zero-order chi connectivity index (χ0) is 20.6. The fourth-order valence-corrected chi connectivity index (χ4v) is 4.79. The van der Waals surface area contributed by atoms with Gasteiger partial charge in [0.25, 0.3) is 5.91 Å². The molecule has 3 N–H and O–H groups in total. The summed E-state index contributed by atoms with van der Waals surface area (Å²) in [5, 5.41) is 11.9. The van der Waals surface area contributed by atoms with Crippen molar-refractivity contribution in [3.05, 3.63) is 45.1 Å². The summed E-state index contributed by atoms with van der Waals surface area (Å²) in [6.45, 7) is 4.96. The number of hydrogen-bond acceptors (Lipinski definition) is 7. The van der Waals surface area contributed by atoms with Crippen molar-refractivity contribution in [3.8, 4) is 5.75 Å². The lowest BCUT2D eigenvalue weighted by atomic mass is 9.72. The smallest absolute Gasteiger partial charge is 0.252 e. The molecule has 0 radical (unpaired) electrons. The number of nitrogens with zero attached hydrogens (tertiary/aromatic N) is 1. The molecule has 7 nitrogen and oxygen atoms in total. The molecule has 1 saturated heterocycles. The number of amides is 1. The van der Waals surface area contributed by atoms with Crippen molar-refractivity contribution in [2.75, 3.05) is 19.8 Å². The second-order valence-corrected chi connectivity index (χ2v) is 8.73. The van der Waals surface area contributed by atoms with Crippen molar-refractivity contribution in [2.24, 2.45) is 5.73 Å². The number of aliphatic hydroxyl groups is 1. The Morgan fingerprint density at radius 1 is 1.34 bits per heavy atom. The SMILES string of the molecule is Cc1cnc(COc2ccc3oc(C)c(C(N)=O)c3c2C2(CO)CCOCC2)s1. The number of aromatic nitrogens is 1. The molecule has 1 amide bonds. The maximum absolute atomic E-state index is 12.2. The highest BCUT2D eigenvalue weighted by Crippen LogP contribution is 2.46. The third-order valence-electron chi connectivity index (χ3n) is 5.54. The Hall–Kier alpha value is -2.42. The zero-order valence-corrected chi connectivity index (χ0v) is 17.3. The Morgan fingerprint density at radius 3 is 2.72 bits per heavy atom. The number of fused-ring (bicyclic) bond motifs is 1. The highest BCUT2D eigenvalue weighted by atomic mass is 32.1. The molecule has 4 rings (SSSR count). The molecule has 1 fully saturated rings. The normalized spacial score (nSPS) is 16.2. The summed E-state index contributed by atoms with van der Waals surface area (Å²) in [5.41, 5.74) is 6.75. The van der Waals surface area contributed by atoms with E-state index in [0.717, 1.165) is 15.4 Å². The third-order valence-corrected chi connectivity index (χ3v) is 6.43. The van der Waals surface area contributed by atoms with Crippen molar-refractivity contribution in [1.82, 2.24) is 4.98 Å². The molecular weight excluding hydrogens is 392 g/mol. The van der Waals surface area contributed by atoms with Crippen LogP contribution in [0.5, 0.6) is 5.75 Å². The van der Waals surface area contributed by atoms with Gasteiger partial charge < -0.3 is 24.7 Å². The minimum atomic E-state index is -0.605. The number of carbonyl (C=O) groups excluding carboxylic acids is 1. The number of aliphatic hydroxyl groups excluding tert-OH is 1. The zero-order valence-electron chi connectivity index (χ0n) is 16.5. The van der Waals surface area contributed by atoms with Crippen LogP contribution in [0, 0.1) is 13.8 Å². The van der Waals surface area contributed by atoms with E-state index < -0.39 is 11.3 Å². The Kier molecular flexibility index (Phi) is 5.33. The molecule has 154 valence electrons. The van der Waals surface area contributed by atoms with Crippen molar-refractivity contribution >= 4 is 28.2 Å². The molecule has 2 aromatic heterocycles. The van der Waals surface area contributed by atoms with Crippen LogP contribution >= 0.6 is 11.3 Å². The molecule has 1 aliphatic heterocycles. The molecule has 0 atom stereocenters. The fraction of sp³-hybridized carbons (Fsp3) is 0.429. The first-order valence-corrected chi connectivity index (χ1v) is 10.4. The summed E-state index contributed by atoms with van der Waals surface area (Å²) in [5.74, 6) is 0.501. The largest absolute Gasteiger partial charge is 0.486 e. The molecule has 3 aromatic rings. The minimum absolute atomic E-state index is 0.0926. The van der Waals surface area contributed by atoms with Gasteiger partial charge in [0.05, 0.1) is 12.2 Å². The van der Waals surface area contributed by atoms with E-state index in [-0.39, 0.29) is 6.61 Å². The van der Waals surface area contributed by atoms with Gasteiger partial charge >= 0.3 is 0 Å². The first-order valence-electron chi connectivity index (χ1n) is 9.54. The molecule has 1 aromatic carbocycles. The fourth-order valence-electron chi connectivity index (χ4n) is 4.09. The lowest BCUT2D eigenvalue weighted by molar-refractivity contribution is 0.0246. The van der Waals surface area contributed by atoms with Crippen LogP contribution in [-0.4, -0.2) is 35.8 Å². The van der Waals surface area contributed by atoms with Crippen LogP contribution in [0.15, 0.2) is 22.7 Å². The second kappa shape index (κ2) is 7.78. The van der Waals surface area contributed by atoms with Gasteiger partial charge in [-0.25, -0.2) is 4.98 Å². The number of primary amides is 1. The van der Waals surface area contributed by atoms with Crippen LogP contribution in [0.1, 0.15) is 44.4 Å². The van der Waals surface area contributed by atoms with E-state index >= 15 is 0 Å². The van der Waals surface area contributed by atoms with Gasteiger partial charge in [0.1, 0.15) is 28.7 Å². The molecule has 3 heterocycles. The van der Waals surface area contributed by atoms with Crippen LogP contribution in [0.2, 0.25) is 0 Å². The topological polar surface area (TPSA) is 108 Å². The van der Waals surface area contributed by atoms with Crippen molar-refractivity contribution in [2.45, 2.75) is 38.7 Å². The molecule has 0 spiro atoms. The van der Waals surface area contributed by atoms with Crippen molar-refractivity contribution in [1.29, 1.82) is 0 Å². The number of benzene rings is 1. The number of aryl methyl sites for hydroxylation is 2. The molecule has 0 aliphatic carbocycles. The molecule has 29 heavy (non-hydrogen) atoms. The summed E-state index contributed by atoms with van der Waals surface area (Å²) in [7, 11) is 0. The van der Waals surface area contributed by atoms with E-state index in [9.17, 15) is 9.90 Å². The standard InChI is InChI=1S/C21H24N2O5S/c1-12-9-23-16(29-12)10-27-15-4-3-14-18(17(20(22)25)13(2)28-14)19(15)21(11-24)5-7-26-8-6-21/h3-4,9,24H,5-8,10-11H2,1-2H3,(H2,22,25). The van der Waals surface area contributed by atoms with E-state index in [1.165, 1.54) is 0 Å². The van der Waals surface area contributed by atoms with Gasteiger partial charge in [-0.1, -0.05) is 0 Å². The Labute approximate surface area is 172 Å². The van der Waals surface area contributed by atoms with Crippen molar-refractivity contribution in [3.63, 3.8) is 0 Å². The molecular formula is C21H24N2O5S. The van der Waals surface area contributed by atoms with Gasteiger partial charge in [0.15, 0.2) is 0 Å². The minimum Gasteiger partial charge on any atom is -0.486 e. The highest BCUT2D eigenvalue weighted by Gasteiger charge is 2.40. The van der Waals surface area contributed by atoms with Gasteiger partial charge in [-0.15, -0.1) is 11.3 Å². The molecule has 1 aliphatic rings. The maximum Gasteiger partial charge on any atom is 0.252 e. The first kappa shape index (κ1) is 19.9. The second-order valence-electron chi connectivity index (χ2n) is 7.41. The number of nitrogens with two attached hydrogens (primary N) is 1. The maximum atomic E-state index is 12.2. The number of carbonyl (C=O) groups is 1. The first-order chi connectivity index (χ1) is 13.9. The van der Waals surface area contributed by atoms with Crippen LogP contribution in [0.25, 0.3) is 11.0 Å². The van der Waals surface area contributed by atoms with Crippen LogP contribution in [-0.2, 0) is 16.8 Å². The Bertz CT molecular complexity index is 1050. The molecule has 0 bridgehead atoms. The van der Waals surface area contributed by atoms with E-state index in [1.807, 2.05) is 19.2 Å². The average molecular weight is 416 g/mol. The number of furan rings is 1. The van der Waals surface area contributed by atoms with Crippen LogP contribution < -0.4 is 10.5 Å². The summed E-state index contributed by atoms with van der Waals surface area (Å²) in [6.07, 6.45) is 3.03. The third kappa shape index (κ3) is 3.52. The van der Waals surface area contributed by atoms with Crippen LogP contribution in [0.4, 0.5) is 0 Å². The van der Waals surface area contributed by atoms with Crippen molar-refractivity contribution < 1.29 is 23.8 Å². The molecule has 8 heteroatoms. The lowest BCUT2D eigenvalue weighted by Crippen LogP contribution is -2.38. The summed E-state index contributed by atoms with van der Waals surface area (Å²) in [4.78, 5) is 17.7. The monoisotopic (exact) mass is 416 g/mol. The van der Waals surface area contributed by atoms with Gasteiger partial charge in [0, 0.05) is 40.7 Å². The summed E-state index contributed by atoms with van der Waals surface area (Å²) in [6, 6.07) is 3.61. The number of ether oxygens (including phenoxy) is 2. The number of rotatable bonds is 6. The molecule has 0 unspecified atom stereocenters. The summed E-state index contributed by atoms with van der Waals surface area (Å²) < 4.78 is 17.5. The Balaban J connectivity index is 1.90. The van der Waals surface area contributed by atoms with E-state index in [4.69, 9.17) is 19.6 Å². The predicted molar refractivity (Wildman–Crippen MR) is 109 cm³/mol. The number of thiazole rings is 1. The van der Waals surface area contributed by atoms with E-state index in [0.29, 0.717) is 60.7 Å². The molecule has 0 saturated carbocycles. The van der Waals surface area contributed by atoms with Gasteiger partial charge in [-0.2, -0.15) is 0 Å². The highest BCUT2D eigenvalue weighted by molar-refractivity contribution is 7.11. The quantitative estimate of drug-likeness (QED) is 0.639. The van der Waals surface area contributed by atoms with Gasteiger partial charge in [-0.05, 0) is 38.8 Å². The summed E-state index contributed by atoms with van der Waals surface area (Å²) >= 11 is 1.57. The van der Waals surface area contributed by atoms with E-state index in [2.05, 4.69) is 4.98 Å².